The third-order valence-electron chi connectivity index (χ3n) is 3.60. The molecule has 0 amide bonds. The maximum atomic E-state index is 4.80. The number of nitrogens with zero attached hydrogens (tertiary/aromatic N) is 2. The van der Waals surface area contributed by atoms with Crippen LogP contribution in [0.15, 0.2) is 67.4 Å². The second-order valence-corrected chi connectivity index (χ2v) is 5.19. The van der Waals surface area contributed by atoms with Crippen LogP contribution in [-0.4, -0.2) is 16.6 Å². The number of allylic oxidation sites excluding steroid dienone is 2. The lowest BCUT2D eigenvalue weighted by atomic mass is 10.2. The number of rotatable bonds is 4. The molecule has 0 radical (unpaired) electrons. The van der Waals surface area contributed by atoms with Crippen molar-refractivity contribution in [2.45, 2.75) is 6.92 Å². The van der Waals surface area contributed by atoms with Crippen molar-refractivity contribution in [2.75, 3.05) is 7.05 Å². The van der Waals surface area contributed by atoms with Crippen molar-refractivity contribution in [1.82, 2.24) is 14.9 Å². The summed E-state index contributed by atoms with van der Waals surface area (Å²) in [4.78, 5) is 4.80. The molecule has 1 N–H and O–H groups in total. The van der Waals surface area contributed by atoms with E-state index in [1.165, 1.54) is 5.56 Å². The number of imidazole rings is 1. The van der Waals surface area contributed by atoms with Gasteiger partial charge in [-0.1, -0.05) is 36.9 Å². The van der Waals surface area contributed by atoms with Gasteiger partial charge in [-0.3, -0.25) is 4.57 Å². The van der Waals surface area contributed by atoms with Gasteiger partial charge >= 0.3 is 0 Å². The van der Waals surface area contributed by atoms with E-state index in [2.05, 4.69) is 53.7 Å². The Morgan fingerprint density at radius 3 is 2.64 bits per heavy atom. The Balaban J connectivity index is 2.37. The molecule has 0 saturated heterocycles. The molecule has 0 saturated carbocycles. The van der Waals surface area contributed by atoms with E-state index in [0.717, 1.165) is 28.1 Å². The highest BCUT2D eigenvalue weighted by atomic mass is 15.1. The van der Waals surface area contributed by atoms with Gasteiger partial charge in [0, 0.05) is 24.5 Å². The fourth-order valence-corrected chi connectivity index (χ4v) is 2.59. The summed E-state index contributed by atoms with van der Waals surface area (Å²) in [7, 11) is 1.88. The first kappa shape index (κ1) is 14.1. The largest absolute Gasteiger partial charge is 0.393 e. The number of hydrogen-bond donors (Lipinski definition) is 1. The molecule has 0 bridgehead atoms. The Hall–Kier alpha value is -2.81. The lowest BCUT2D eigenvalue weighted by Gasteiger charge is -2.10. The summed E-state index contributed by atoms with van der Waals surface area (Å²) in [6.45, 7) is 6.01. The maximum Gasteiger partial charge on any atom is 0.147 e. The molecule has 3 nitrogen and oxygen atoms in total. The fourth-order valence-electron chi connectivity index (χ4n) is 2.59. The minimum absolute atomic E-state index is 0.885. The van der Waals surface area contributed by atoms with E-state index in [1.807, 2.05) is 37.5 Å². The SMILES string of the molecule is C=C/C(=C\NC)c1nc2ccc(C)cc2n1-c1ccccc1. The predicted octanol–water partition coefficient (Wildman–Crippen LogP) is 4.08. The van der Waals surface area contributed by atoms with Gasteiger partial charge in [-0.15, -0.1) is 0 Å². The van der Waals surface area contributed by atoms with Crippen LogP contribution >= 0.6 is 0 Å². The number of para-hydroxylation sites is 1. The summed E-state index contributed by atoms with van der Waals surface area (Å²) in [6.07, 6.45) is 3.74. The Bertz CT molecular complexity index is 842. The summed E-state index contributed by atoms with van der Waals surface area (Å²) in [6, 6.07) is 16.6. The van der Waals surface area contributed by atoms with Crippen LogP contribution in [0.2, 0.25) is 0 Å². The number of benzene rings is 2. The zero-order valence-electron chi connectivity index (χ0n) is 12.9. The molecule has 0 atom stereocenters. The lowest BCUT2D eigenvalue weighted by Crippen LogP contribution is -2.03. The molecule has 22 heavy (non-hydrogen) atoms. The van der Waals surface area contributed by atoms with Gasteiger partial charge < -0.3 is 5.32 Å². The highest BCUT2D eigenvalue weighted by Crippen LogP contribution is 2.26. The summed E-state index contributed by atoms with van der Waals surface area (Å²) in [5.41, 5.74) is 5.35. The Labute approximate surface area is 130 Å². The highest BCUT2D eigenvalue weighted by molar-refractivity contribution is 5.84. The first-order valence-corrected chi connectivity index (χ1v) is 7.29. The van der Waals surface area contributed by atoms with Crippen molar-refractivity contribution in [3.8, 4) is 5.69 Å². The van der Waals surface area contributed by atoms with Gasteiger partial charge in [0.05, 0.1) is 11.0 Å². The number of nitrogens with one attached hydrogen (secondary N) is 1. The van der Waals surface area contributed by atoms with Gasteiger partial charge in [0.15, 0.2) is 0 Å². The van der Waals surface area contributed by atoms with Gasteiger partial charge in [-0.05, 0) is 36.8 Å². The first-order chi connectivity index (χ1) is 10.7. The molecule has 0 spiro atoms. The van der Waals surface area contributed by atoms with Crippen molar-refractivity contribution < 1.29 is 0 Å². The minimum Gasteiger partial charge on any atom is -0.393 e. The van der Waals surface area contributed by atoms with Gasteiger partial charge in [0.2, 0.25) is 0 Å². The van der Waals surface area contributed by atoms with Crippen molar-refractivity contribution >= 4 is 16.6 Å². The average Bonchev–Trinajstić information content (AvgIpc) is 2.91. The van der Waals surface area contributed by atoms with Crippen molar-refractivity contribution in [2.24, 2.45) is 0 Å². The Morgan fingerprint density at radius 1 is 1.18 bits per heavy atom. The minimum atomic E-state index is 0.885. The molecular formula is C19H19N3. The second kappa shape index (κ2) is 5.90. The smallest absolute Gasteiger partial charge is 0.147 e. The first-order valence-electron chi connectivity index (χ1n) is 7.29. The zero-order chi connectivity index (χ0) is 15.5. The van der Waals surface area contributed by atoms with Crippen LogP contribution in [-0.2, 0) is 0 Å². The maximum absolute atomic E-state index is 4.80. The standard InChI is InChI=1S/C19H19N3/c1-4-15(13-20-3)19-21-17-11-10-14(2)12-18(17)22(19)16-8-6-5-7-9-16/h4-13,20H,1H2,2-3H3/b15-13+. The zero-order valence-corrected chi connectivity index (χ0v) is 12.9. The van der Waals surface area contributed by atoms with E-state index in [9.17, 15) is 0 Å². The van der Waals surface area contributed by atoms with E-state index in [-0.39, 0.29) is 0 Å². The molecule has 0 aliphatic heterocycles. The quantitative estimate of drug-likeness (QED) is 0.733. The summed E-state index contributed by atoms with van der Waals surface area (Å²) >= 11 is 0. The van der Waals surface area contributed by atoms with Crippen LogP contribution in [0.25, 0.3) is 22.3 Å². The molecular weight excluding hydrogens is 270 g/mol. The molecule has 3 rings (SSSR count). The summed E-state index contributed by atoms with van der Waals surface area (Å²) < 4.78 is 2.17. The number of fused-ring (bicyclic) bond motifs is 1. The van der Waals surface area contributed by atoms with E-state index >= 15 is 0 Å². The molecule has 1 aromatic heterocycles. The molecule has 110 valence electrons. The van der Waals surface area contributed by atoms with Crippen LogP contribution in [0.3, 0.4) is 0 Å². The summed E-state index contributed by atoms with van der Waals surface area (Å²) in [5, 5.41) is 3.06. The molecule has 2 aromatic carbocycles. The van der Waals surface area contributed by atoms with Crippen LogP contribution in [0.1, 0.15) is 11.4 Å². The lowest BCUT2D eigenvalue weighted by molar-refractivity contribution is 1.04. The van der Waals surface area contributed by atoms with Gasteiger partial charge in [0.25, 0.3) is 0 Å². The fraction of sp³-hybridized carbons (Fsp3) is 0.105. The molecule has 0 fully saturated rings. The second-order valence-electron chi connectivity index (χ2n) is 5.19. The van der Waals surface area contributed by atoms with Gasteiger partial charge in [-0.25, -0.2) is 4.98 Å². The number of hydrogen-bond acceptors (Lipinski definition) is 2. The average molecular weight is 289 g/mol. The van der Waals surface area contributed by atoms with E-state index < -0.39 is 0 Å². The molecule has 1 heterocycles. The van der Waals surface area contributed by atoms with Crippen LogP contribution < -0.4 is 5.32 Å². The highest BCUT2D eigenvalue weighted by Gasteiger charge is 2.14. The van der Waals surface area contributed by atoms with Crippen molar-refractivity contribution in [3.05, 3.63) is 78.8 Å². The van der Waals surface area contributed by atoms with Crippen molar-refractivity contribution in [3.63, 3.8) is 0 Å². The number of aromatic nitrogens is 2. The topological polar surface area (TPSA) is 29.9 Å². The molecule has 0 aliphatic carbocycles. The van der Waals surface area contributed by atoms with Crippen LogP contribution in [0.4, 0.5) is 0 Å². The molecule has 0 aliphatic rings. The predicted molar refractivity (Wildman–Crippen MR) is 93.0 cm³/mol. The van der Waals surface area contributed by atoms with E-state index in [1.54, 1.807) is 0 Å². The third-order valence-corrected chi connectivity index (χ3v) is 3.60. The molecule has 3 aromatic rings. The molecule has 3 heteroatoms. The molecule has 0 unspecified atom stereocenters. The third kappa shape index (κ3) is 2.42. The van der Waals surface area contributed by atoms with Gasteiger partial charge in [0.1, 0.15) is 5.82 Å². The van der Waals surface area contributed by atoms with Gasteiger partial charge in [-0.2, -0.15) is 0 Å². The van der Waals surface area contributed by atoms with Crippen molar-refractivity contribution in [1.29, 1.82) is 0 Å². The number of aryl methyl sites for hydroxylation is 1. The van der Waals surface area contributed by atoms with Crippen LogP contribution in [0, 0.1) is 6.92 Å². The normalized spacial score (nSPS) is 11.6. The monoisotopic (exact) mass is 289 g/mol. The Morgan fingerprint density at radius 2 is 1.95 bits per heavy atom. The van der Waals surface area contributed by atoms with E-state index in [4.69, 9.17) is 4.98 Å². The Kier molecular flexibility index (Phi) is 3.79. The van der Waals surface area contributed by atoms with Crippen LogP contribution in [0.5, 0.6) is 0 Å². The summed E-state index contributed by atoms with van der Waals surface area (Å²) in [5.74, 6) is 0.885. The van der Waals surface area contributed by atoms with E-state index in [0.29, 0.717) is 0 Å².